The van der Waals surface area contributed by atoms with E-state index in [1.54, 1.807) is 30.2 Å². The van der Waals surface area contributed by atoms with E-state index >= 15 is 0 Å². The van der Waals surface area contributed by atoms with Crippen LogP contribution in [-0.2, 0) is 16.1 Å². The summed E-state index contributed by atoms with van der Waals surface area (Å²) in [4.78, 5) is 26.9. The number of anilines is 1. The van der Waals surface area contributed by atoms with Crippen LogP contribution in [0, 0.1) is 0 Å². The van der Waals surface area contributed by atoms with E-state index in [0.29, 0.717) is 12.2 Å². The molecule has 2 aromatic carbocycles. The van der Waals surface area contributed by atoms with Gasteiger partial charge in [0.1, 0.15) is 5.60 Å². The molecule has 0 saturated carbocycles. The van der Waals surface area contributed by atoms with Crippen LogP contribution in [0.25, 0.3) is 0 Å². The summed E-state index contributed by atoms with van der Waals surface area (Å²) < 4.78 is 7.03. The highest BCUT2D eigenvalue weighted by atomic mass is 16.6. The maximum atomic E-state index is 13.2. The fourth-order valence-corrected chi connectivity index (χ4v) is 3.13. The summed E-state index contributed by atoms with van der Waals surface area (Å²) in [5, 5.41) is 7.23. The monoisotopic (exact) mass is 420 g/mol. The molecule has 7 heteroatoms. The van der Waals surface area contributed by atoms with Crippen molar-refractivity contribution in [1.29, 1.82) is 0 Å². The SMILES string of the molecule is CN(Cc1cccc(NC(=O)C(c2ccccc2)n2cccn2)c1)C(=O)OC(C)(C)C. The van der Waals surface area contributed by atoms with E-state index in [0.717, 1.165) is 11.1 Å². The Morgan fingerprint density at radius 2 is 1.84 bits per heavy atom. The molecule has 0 saturated heterocycles. The van der Waals surface area contributed by atoms with Crippen molar-refractivity contribution in [3.8, 4) is 0 Å². The topological polar surface area (TPSA) is 76.5 Å². The molecule has 0 spiro atoms. The van der Waals surface area contributed by atoms with E-state index in [4.69, 9.17) is 4.74 Å². The lowest BCUT2D eigenvalue weighted by molar-refractivity contribution is -0.118. The molecule has 0 aliphatic rings. The second kappa shape index (κ2) is 9.47. The summed E-state index contributed by atoms with van der Waals surface area (Å²) >= 11 is 0. The molecule has 3 rings (SSSR count). The van der Waals surface area contributed by atoms with E-state index in [9.17, 15) is 9.59 Å². The number of hydrogen-bond donors (Lipinski definition) is 1. The first-order valence-corrected chi connectivity index (χ1v) is 10.1. The van der Waals surface area contributed by atoms with Gasteiger partial charge in [-0.3, -0.25) is 9.48 Å². The second-order valence-corrected chi connectivity index (χ2v) is 8.33. The Hall–Kier alpha value is -3.61. The lowest BCUT2D eigenvalue weighted by Crippen LogP contribution is -2.33. The Bertz CT molecular complexity index is 1010. The third-order valence-corrected chi connectivity index (χ3v) is 4.47. The normalized spacial score (nSPS) is 12.1. The molecule has 0 aliphatic heterocycles. The maximum Gasteiger partial charge on any atom is 0.410 e. The summed E-state index contributed by atoms with van der Waals surface area (Å²) in [5.41, 5.74) is 1.80. The molecule has 1 aromatic heterocycles. The van der Waals surface area contributed by atoms with Gasteiger partial charge in [-0.15, -0.1) is 0 Å². The maximum absolute atomic E-state index is 13.2. The number of hydrogen-bond acceptors (Lipinski definition) is 4. The van der Waals surface area contributed by atoms with Gasteiger partial charge in [0, 0.05) is 31.7 Å². The first-order chi connectivity index (χ1) is 14.7. The fourth-order valence-electron chi connectivity index (χ4n) is 3.13. The quantitative estimate of drug-likeness (QED) is 0.638. The number of benzene rings is 2. The van der Waals surface area contributed by atoms with E-state index in [1.165, 1.54) is 4.90 Å². The Kier molecular flexibility index (Phi) is 6.74. The van der Waals surface area contributed by atoms with Gasteiger partial charge in [-0.1, -0.05) is 42.5 Å². The highest BCUT2D eigenvalue weighted by molar-refractivity contribution is 5.95. The molecular weight excluding hydrogens is 392 g/mol. The van der Waals surface area contributed by atoms with Gasteiger partial charge in [0.15, 0.2) is 6.04 Å². The Labute approximate surface area is 182 Å². The number of nitrogens with one attached hydrogen (secondary N) is 1. The van der Waals surface area contributed by atoms with Gasteiger partial charge in [-0.25, -0.2) is 4.79 Å². The lowest BCUT2D eigenvalue weighted by Gasteiger charge is -2.24. The van der Waals surface area contributed by atoms with Gasteiger partial charge in [0.25, 0.3) is 5.91 Å². The Morgan fingerprint density at radius 1 is 1.10 bits per heavy atom. The van der Waals surface area contributed by atoms with Crippen LogP contribution in [0.2, 0.25) is 0 Å². The molecule has 2 amide bonds. The lowest BCUT2D eigenvalue weighted by atomic mass is 10.1. The zero-order valence-corrected chi connectivity index (χ0v) is 18.3. The fraction of sp³-hybridized carbons (Fsp3) is 0.292. The Morgan fingerprint density at radius 3 is 2.48 bits per heavy atom. The molecule has 1 heterocycles. The van der Waals surface area contributed by atoms with E-state index in [1.807, 2.05) is 75.4 Å². The highest BCUT2D eigenvalue weighted by Gasteiger charge is 2.23. The van der Waals surface area contributed by atoms with Crippen molar-refractivity contribution in [3.05, 3.63) is 84.2 Å². The van der Waals surface area contributed by atoms with Gasteiger partial charge < -0.3 is 15.0 Å². The van der Waals surface area contributed by atoms with E-state index < -0.39 is 17.7 Å². The van der Waals surface area contributed by atoms with Crippen molar-refractivity contribution in [2.45, 2.75) is 39.0 Å². The largest absolute Gasteiger partial charge is 0.444 e. The predicted molar refractivity (Wildman–Crippen MR) is 120 cm³/mol. The van der Waals surface area contributed by atoms with Crippen LogP contribution in [0.15, 0.2) is 73.1 Å². The summed E-state index contributed by atoms with van der Waals surface area (Å²) in [7, 11) is 1.68. The van der Waals surface area contributed by atoms with Crippen molar-refractivity contribution in [3.63, 3.8) is 0 Å². The first-order valence-electron chi connectivity index (χ1n) is 10.1. The third kappa shape index (κ3) is 6.18. The summed E-state index contributed by atoms with van der Waals surface area (Å²) in [6, 6.07) is 18.1. The molecule has 0 bridgehead atoms. The molecule has 162 valence electrons. The standard InChI is InChI=1S/C24H28N4O3/c1-24(2,3)31-23(30)27(4)17-18-10-8-13-20(16-18)26-22(29)21(28-15-9-14-25-28)19-11-6-5-7-12-19/h5-16,21H,17H2,1-4H3,(H,26,29). The smallest absolute Gasteiger partial charge is 0.410 e. The number of carbonyl (C=O) groups excluding carboxylic acids is 2. The molecular formula is C24H28N4O3. The van der Waals surface area contributed by atoms with Crippen molar-refractivity contribution >= 4 is 17.7 Å². The van der Waals surface area contributed by atoms with Crippen molar-refractivity contribution in [2.24, 2.45) is 0 Å². The molecule has 0 fully saturated rings. The second-order valence-electron chi connectivity index (χ2n) is 8.33. The van der Waals surface area contributed by atoms with Gasteiger partial charge in [0.2, 0.25) is 0 Å². The molecule has 1 atom stereocenters. The molecule has 7 nitrogen and oxygen atoms in total. The average molecular weight is 421 g/mol. The number of amides is 2. The summed E-state index contributed by atoms with van der Waals surface area (Å²) in [5.74, 6) is -0.201. The van der Waals surface area contributed by atoms with Gasteiger partial charge >= 0.3 is 6.09 Å². The molecule has 31 heavy (non-hydrogen) atoms. The van der Waals surface area contributed by atoms with Crippen molar-refractivity contribution < 1.29 is 14.3 Å². The van der Waals surface area contributed by atoms with Crippen LogP contribution in [0.5, 0.6) is 0 Å². The molecule has 3 aromatic rings. The van der Waals surface area contributed by atoms with Crippen molar-refractivity contribution in [2.75, 3.05) is 12.4 Å². The predicted octanol–water partition coefficient (Wildman–Crippen LogP) is 4.48. The van der Waals surface area contributed by atoms with Crippen LogP contribution in [0.1, 0.15) is 37.9 Å². The Balaban J connectivity index is 1.73. The molecule has 0 radical (unpaired) electrons. The van der Waals surface area contributed by atoms with Gasteiger partial charge in [0.05, 0.1) is 0 Å². The molecule has 1 N–H and O–H groups in total. The highest BCUT2D eigenvalue weighted by Crippen LogP contribution is 2.21. The number of rotatable bonds is 6. The van der Waals surface area contributed by atoms with Crippen LogP contribution in [0.3, 0.4) is 0 Å². The molecule has 1 unspecified atom stereocenters. The van der Waals surface area contributed by atoms with Gasteiger partial charge in [-0.2, -0.15) is 5.10 Å². The number of carbonyl (C=O) groups is 2. The van der Waals surface area contributed by atoms with E-state index in [2.05, 4.69) is 10.4 Å². The van der Waals surface area contributed by atoms with E-state index in [-0.39, 0.29) is 5.91 Å². The first kappa shape index (κ1) is 22.1. The summed E-state index contributed by atoms with van der Waals surface area (Å²) in [6.07, 6.45) is 3.02. The minimum absolute atomic E-state index is 0.201. The van der Waals surface area contributed by atoms with Crippen LogP contribution in [-0.4, -0.2) is 39.3 Å². The van der Waals surface area contributed by atoms with Gasteiger partial charge in [-0.05, 0) is 50.1 Å². The molecule has 0 aliphatic carbocycles. The minimum Gasteiger partial charge on any atom is -0.444 e. The zero-order valence-electron chi connectivity index (χ0n) is 18.3. The number of ether oxygens (including phenoxy) is 1. The number of nitrogens with zero attached hydrogens (tertiary/aromatic N) is 3. The van der Waals surface area contributed by atoms with Crippen LogP contribution >= 0.6 is 0 Å². The zero-order chi connectivity index (χ0) is 22.4. The third-order valence-electron chi connectivity index (χ3n) is 4.47. The minimum atomic E-state index is -0.593. The van der Waals surface area contributed by atoms with Crippen LogP contribution in [0.4, 0.5) is 10.5 Å². The summed E-state index contributed by atoms with van der Waals surface area (Å²) in [6.45, 7) is 5.85. The van der Waals surface area contributed by atoms with Crippen LogP contribution < -0.4 is 5.32 Å². The average Bonchev–Trinajstić information content (AvgIpc) is 3.22. The van der Waals surface area contributed by atoms with Crippen molar-refractivity contribution in [1.82, 2.24) is 14.7 Å². The number of aromatic nitrogens is 2.